The van der Waals surface area contributed by atoms with Gasteiger partial charge in [0, 0.05) is 17.7 Å². The Morgan fingerprint density at radius 2 is 1.50 bits per heavy atom. The highest BCUT2D eigenvalue weighted by atomic mass is 15.3. The van der Waals surface area contributed by atoms with Gasteiger partial charge >= 0.3 is 0 Å². The van der Waals surface area contributed by atoms with E-state index in [0.717, 1.165) is 12.0 Å². The molecular formula is C25H24N3+. The van der Waals surface area contributed by atoms with Gasteiger partial charge in [-0.25, -0.2) is 0 Å². The van der Waals surface area contributed by atoms with Gasteiger partial charge in [0.1, 0.15) is 7.05 Å². The number of fused-ring (bicyclic) bond motifs is 3. The average molecular weight is 366 g/mol. The van der Waals surface area contributed by atoms with Crippen molar-refractivity contribution in [2.45, 2.75) is 19.4 Å². The summed E-state index contributed by atoms with van der Waals surface area (Å²) < 4.78 is 2.25. The van der Waals surface area contributed by atoms with Crippen molar-refractivity contribution in [3.63, 3.8) is 0 Å². The maximum atomic E-state index is 4.72. The van der Waals surface area contributed by atoms with E-state index in [2.05, 4.69) is 96.8 Å². The zero-order valence-corrected chi connectivity index (χ0v) is 16.3. The molecule has 1 aromatic heterocycles. The summed E-state index contributed by atoms with van der Waals surface area (Å²) in [6.07, 6.45) is 3.11. The molecule has 0 spiro atoms. The minimum Gasteiger partial charge on any atom is -0.302 e. The molecule has 138 valence electrons. The van der Waals surface area contributed by atoms with Gasteiger partial charge in [0.2, 0.25) is 11.0 Å². The lowest BCUT2D eigenvalue weighted by Gasteiger charge is -2.16. The molecule has 3 nitrogen and oxygen atoms in total. The van der Waals surface area contributed by atoms with E-state index in [9.17, 15) is 0 Å². The molecule has 0 radical (unpaired) electrons. The molecule has 1 N–H and O–H groups in total. The standard InChI is InChI=1S/C25H23N3/c1-17-15-18-9-3-4-10-19(18)25(17)27-26-16-22-20-11-5-7-13-23(20)28(2)24-14-8-6-12-21(22)24/h3-14,16-17,25H,15H2,1-2H3/p+1. The maximum Gasteiger partial charge on any atom is 0.213 e. The van der Waals surface area contributed by atoms with Crippen LogP contribution in [0.3, 0.4) is 0 Å². The third-order valence-electron chi connectivity index (χ3n) is 6.02. The van der Waals surface area contributed by atoms with Crippen LogP contribution in [0.25, 0.3) is 21.8 Å². The number of para-hydroxylation sites is 2. The van der Waals surface area contributed by atoms with Gasteiger partial charge in [-0.1, -0.05) is 55.5 Å². The van der Waals surface area contributed by atoms with Crippen molar-refractivity contribution < 1.29 is 4.57 Å². The van der Waals surface area contributed by atoms with Crippen LogP contribution >= 0.6 is 0 Å². The number of benzene rings is 3. The van der Waals surface area contributed by atoms with Gasteiger partial charge in [0.25, 0.3) is 0 Å². The van der Waals surface area contributed by atoms with Crippen LogP contribution in [-0.4, -0.2) is 6.21 Å². The third kappa shape index (κ3) is 2.66. The second-order valence-corrected chi connectivity index (χ2v) is 7.75. The van der Waals surface area contributed by atoms with Crippen molar-refractivity contribution in [2.75, 3.05) is 0 Å². The summed E-state index contributed by atoms with van der Waals surface area (Å²) in [5.41, 5.74) is 9.84. The molecule has 28 heavy (non-hydrogen) atoms. The SMILES string of the molecule is CC1Cc2ccccc2C1NN=Cc1c2ccccc2[n+](C)c2ccccc12. The summed E-state index contributed by atoms with van der Waals surface area (Å²) in [6, 6.07) is 26.0. The smallest absolute Gasteiger partial charge is 0.213 e. The van der Waals surface area contributed by atoms with E-state index >= 15 is 0 Å². The first-order valence-corrected chi connectivity index (χ1v) is 9.90. The van der Waals surface area contributed by atoms with E-state index in [-0.39, 0.29) is 6.04 Å². The second-order valence-electron chi connectivity index (χ2n) is 7.75. The van der Waals surface area contributed by atoms with Crippen molar-refractivity contribution >= 4 is 28.0 Å². The lowest BCUT2D eigenvalue weighted by molar-refractivity contribution is -0.617. The van der Waals surface area contributed by atoms with Crippen LogP contribution in [-0.2, 0) is 13.5 Å². The predicted molar refractivity (Wildman–Crippen MR) is 115 cm³/mol. The molecule has 2 unspecified atom stereocenters. The molecule has 3 heteroatoms. The fourth-order valence-corrected chi connectivity index (χ4v) is 4.58. The van der Waals surface area contributed by atoms with Crippen LogP contribution in [0.2, 0.25) is 0 Å². The summed E-state index contributed by atoms with van der Waals surface area (Å²) in [6.45, 7) is 2.29. The van der Waals surface area contributed by atoms with Crippen molar-refractivity contribution in [3.05, 3.63) is 89.5 Å². The molecule has 2 atom stereocenters. The zero-order valence-electron chi connectivity index (χ0n) is 16.3. The summed E-state index contributed by atoms with van der Waals surface area (Å²) in [4.78, 5) is 0. The number of aryl methyl sites for hydroxylation is 1. The van der Waals surface area contributed by atoms with E-state index in [1.807, 2.05) is 6.21 Å². The van der Waals surface area contributed by atoms with Crippen LogP contribution in [0.4, 0.5) is 0 Å². The van der Waals surface area contributed by atoms with Gasteiger partial charge in [-0.3, -0.25) is 0 Å². The number of pyridine rings is 1. The van der Waals surface area contributed by atoms with Crippen LogP contribution in [0.1, 0.15) is 29.7 Å². The molecule has 1 heterocycles. The molecule has 0 bridgehead atoms. The summed E-state index contributed by atoms with van der Waals surface area (Å²) in [5.74, 6) is 0.539. The van der Waals surface area contributed by atoms with Crippen molar-refractivity contribution in [1.82, 2.24) is 5.43 Å². The van der Waals surface area contributed by atoms with Gasteiger partial charge < -0.3 is 5.43 Å². The summed E-state index contributed by atoms with van der Waals surface area (Å²) in [5, 5.41) is 7.15. The zero-order chi connectivity index (χ0) is 19.1. The minimum absolute atomic E-state index is 0.268. The second kappa shape index (κ2) is 6.75. The van der Waals surface area contributed by atoms with Crippen LogP contribution in [0.15, 0.2) is 77.9 Å². The van der Waals surface area contributed by atoms with Gasteiger partial charge in [-0.2, -0.15) is 9.67 Å². The Bertz CT molecular complexity index is 1150. The molecule has 4 aromatic rings. The Morgan fingerprint density at radius 3 is 2.21 bits per heavy atom. The molecule has 3 aromatic carbocycles. The van der Waals surface area contributed by atoms with E-state index in [1.165, 1.54) is 32.9 Å². The third-order valence-corrected chi connectivity index (χ3v) is 6.02. The highest BCUT2D eigenvalue weighted by Crippen LogP contribution is 2.35. The highest BCUT2D eigenvalue weighted by Gasteiger charge is 2.28. The average Bonchev–Trinajstić information content (AvgIpc) is 3.06. The van der Waals surface area contributed by atoms with E-state index in [1.54, 1.807) is 0 Å². The van der Waals surface area contributed by atoms with E-state index < -0.39 is 0 Å². The predicted octanol–water partition coefficient (Wildman–Crippen LogP) is 4.67. The van der Waals surface area contributed by atoms with E-state index in [0.29, 0.717) is 5.92 Å². The molecule has 0 saturated carbocycles. The van der Waals surface area contributed by atoms with E-state index in [4.69, 9.17) is 5.10 Å². The minimum atomic E-state index is 0.268. The van der Waals surface area contributed by atoms with Gasteiger partial charge in [-0.05, 0) is 35.6 Å². The Labute approximate surface area is 165 Å². The van der Waals surface area contributed by atoms with Gasteiger partial charge in [-0.15, -0.1) is 0 Å². The summed E-state index contributed by atoms with van der Waals surface area (Å²) >= 11 is 0. The first kappa shape index (κ1) is 16.9. The topological polar surface area (TPSA) is 28.3 Å². The molecular weight excluding hydrogens is 342 g/mol. The largest absolute Gasteiger partial charge is 0.302 e. The fraction of sp³-hybridized carbons (Fsp3) is 0.200. The number of aromatic nitrogens is 1. The number of rotatable bonds is 3. The Hall–Kier alpha value is -3.20. The lowest BCUT2D eigenvalue weighted by atomic mass is 10.0. The summed E-state index contributed by atoms with van der Waals surface area (Å²) in [7, 11) is 2.13. The Balaban J connectivity index is 1.57. The maximum absolute atomic E-state index is 4.72. The number of nitrogens with one attached hydrogen (secondary N) is 1. The van der Waals surface area contributed by atoms with Gasteiger partial charge in [0.05, 0.1) is 23.0 Å². The lowest BCUT2D eigenvalue weighted by Crippen LogP contribution is -2.30. The van der Waals surface area contributed by atoms with Crippen LogP contribution < -0.4 is 9.99 Å². The number of hydrazone groups is 1. The van der Waals surface area contributed by atoms with Crippen molar-refractivity contribution in [3.8, 4) is 0 Å². The monoisotopic (exact) mass is 366 g/mol. The normalized spacial score (nSPS) is 18.8. The van der Waals surface area contributed by atoms with Gasteiger partial charge in [0.15, 0.2) is 0 Å². The molecule has 0 aliphatic heterocycles. The highest BCUT2D eigenvalue weighted by molar-refractivity contribution is 6.08. The Morgan fingerprint density at radius 1 is 0.893 bits per heavy atom. The van der Waals surface area contributed by atoms with Crippen molar-refractivity contribution in [2.24, 2.45) is 18.1 Å². The quantitative estimate of drug-likeness (QED) is 0.243. The molecule has 0 saturated heterocycles. The number of hydrogen-bond donors (Lipinski definition) is 1. The first-order chi connectivity index (χ1) is 13.7. The van der Waals surface area contributed by atoms with Crippen molar-refractivity contribution in [1.29, 1.82) is 0 Å². The molecule has 0 amide bonds. The molecule has 1 aliphatic rings. The molecule has 5 rings (SSSR count). The Kier molecular flexibility index (Phi) is 4.09. The van der Waals surface area contributed by atoms with Crippen LogP contribution in [0.5, 0.6) is 0 Å². The molecule has 0 fully saturated rings. The fourth-order valence-electron chi connectivity index (χ4n) is 4.58. The molecule has 1 aliphatic carbocycles. The number of hydrogen-bond acceptors (Lipinski definition) is 2. The number of nitrogens with zero attached hydrogens (tertiary/aromatic N) is 2. The first-order valence-electron chi connectivity index (χ1n) is 9.90. The van der Waals surface area contributed by atoms with Crippen LogP contribution in [0, 0.1) is 5.92 Å².